The number of nitrogens with zero attached hydrogens (tertiary/aromatic N) is 1. The van der Waals surface area contributed by atoms with Crippen molar-refractivity contribution < 1.29 is 19.1 Å². The van der Waals surface area contributed by atoms with Gasteiger partial charge >= 0.3 is 5.97 Å². The number of nitrogens with one attached hydrogen (secondary N) is 1. The fraction of sp³-hybridized carbons (Fsp3) is 0.136. The number of carbonyl (C=O) groups excluding carboxylic acids is 2. The summed E-state index contributed by atoms with van der Waals surface area (Å²) in [5.41, 5.74) is 1.44. The Balaban J connectivity index is 2.18. The number of rotatable bonds is 8. The Labute approximate surface area is 196 Å². The monoisotopic (exact) mass is 580 g/mol. The zero-order chi connectivity index (χ0) is 22.1. The van der Waals surface area contributed by atoms with E-state index < -0.39 is 11.9 Å². The molecule has 8 heteroatoms. The van der Waals surface area contributed by atoms with Gasteiger partial charge in [0.1, 0.15) is 24.0 Å². The average Bonchev–Trinajstić information content (AvgIpc) is 2.72. The molecule has 2 rings (SSSR count). The molecule has 0 radical (unpaired) electrons. The van der Waals surface area contributed by atoms with Crippen LogP contribution in [0.4, 0.5) is 5.69 Å². The highest BCUT2D eigenvalue weighted by atomic mass is 127. The van der Waals surface area contributed by atoms with Crippen molar-refractivity contribution >= 4 is 62.2 Å². The zero-order valence-corrected chi connectivity index (χ0v) is 19.8. The highest BCUT2D eigenvalue weighted by Gasteiger charge is 2.13. The van der Waals surface area contributed by atoms with Crippen molar-refractivity contribution in [3.63, 3.8) is 0 Å². The Morgan fingerprint density at radius 2 is 2.00 bits per heavy atom. The average molecular weight is 581 g/mol. The molecule has 0 bridgehead atoms. The second-order valence-corrected chi connectivity index (χ2v) is 7.85. The lowest BCUT2D eigenvalue weighted by Crippen LogP contribution is -2.13. The van der Waals surface area contributed by atoms with Crippen LogP contribution in [0.2, 0.25) is 0 Å². The molecule has 6 nitrogen and oxygen atoms in total. The summed E-state index contributed by atoms with van der Waals surface area (Å²) in [5, 5.41) is 12.1. The minimum Gasteiger partial charge on any atom is -0.487 e. The standard InChI is InChI=1S/C22H18BrIN2O4/c1-3-9-30-20-18(23)11-14(12-19(20)24)10-16(13-25)21(27)26-17-7-5-15(6-8-17)22(28)29-4-2/h3,5-8,10-12H,1,4,9H2,2H3,(H,26,27)/b16-10+. The summed E-state index contributed by atoms with van der Waals surface area (Å²) in [6.07, 6.45) is 3.14. The van der Waals surface area contributed by atoms with E-state index >= 15 is 0 Å². The van der Waals surface area contributed by atoms with Crippen molar-refractivity contribution in [2.24, 2.45) is 0 Å². The first-order valence-corrected chi connectivity index (χ1v) is 10.7. The summed E-state index contributed by atoms with van der Waals surface area (Å²) in [6, 6.07) is 11.7. The minimum absolute atomic E-state index is 0.0630. The minimum atomic E-state index is -0.556. The van der Waals surface area contributed by atoms with Gasteiger partial charge in [-0.3, -0.25) is 4.79 Å². The molecule has 0 unspecified atom stereocenters. The normalized spacial score (nSPS) is 10.7. The summed E-state index contributed by atoms with van der Waals surface area (Å²) >= 11 is 5.57. The van der Waals surface area contributed by atoms with E-state index in [2.05, 4.69) is 50.4 Å². The molecular weight excluding hydrogens is 563 g/mol. The van der Waals surface area contributed by atoms with Crippen molar-refractivity contribution in [3.05, 3.63) is 73.8 Å². The third kappa shape index (κ3) is 6.43. The zero-order valence-electron chi connectivity index (χ0n) is 16.1. The lowest BCUT2D eigenvalue weighted by Gasteiger charge is -2.10. The molecule has 1 amide bonds. The van der Waals surface area contributed by atoms with Gasteiger partial charge < -0.3 is 14.8 Å². The van der Waals surface area contributed by atoms with Gasteiger partial charge in [0, 0.05) is 5.69 Å². The van der Waals surface area contributed by atoms with Gasteiger partial charge in [-0.2, -0.15) is 5.26 Å². The van der Waals surface area contributed by atoms with Crippen molar-refractivity contribution in [2.75, 3.05) is 18.5 Å². The van der Waals surface area contributed by atoms with Gasteiger partial charge in [-0.1, -0.05) is 12.7 Å². The van der Waals surface area contributed by atoms with Crippen molar-refractivity contribution in [3.8, 4) is 11.8 Å². The highest BCUT2D eigenvalue weighted by molar-refractivity contribution is 14.1. The molecule has 0 saturated carbocycles. The molecule has 1 N–H and O–H groups in total. The Morgan fingerprint density at radius 3 is 2.57 bits per heavy atom. The molecule has 2 aromatic rings. The number of ether oxygens (including phenoxy) is 2. The van der Waals surface area contributed by atoms with Gasteiger partial charge in [-0.25, -0.2) is 4.79 Å². The van der Waals surface area contributed by atoms with Gasteiger partial charge in [0.25, 0.3) is 5.91 Å². The first-order chi connectivity index (χ1) is 14.4. The van der Waals surface area contributed by atoms with Crippen LogP contribution in [0, 0.1) is 14.9 Å². The molecule has 154 valence electrons. The van der Waals surface area contributed by atoms with Gasteiger partial charge in [0.05, 0.1) is 20.2 Å². The van der Waals surface area contributed by atoms with Gasteiger partial charge in [-0.05, 0) is 93.5 Å². The largest absolute Gasteiger partial charge is 0.487 e. The van der Waals surface area contributed by atoms with Crippen molar-refractivity contribution in [1.82, 2.24) is 0 Å². The van der Waals surface area contributed by atoms with E-state index in [4.69, 9.17) is 9.47 Å². The third-order valence-electron chi connectivity index (χ3n) is 3.70. The van der Waals surface area contributed by atoms with Crippen LogP contribution in [0.3, 0.4) is 0 Å². The topological polar surface area (TPSA) is 88.4 Å². The molecule has 0 heterocycles. The lowest BCUT2D eigenvalue weighted by molar-refractivity contribution is -0.112. The number of benzene rings is 2. The summed E-state index contributed by atoms with van der Waals surface area (Å²) in [7, 11) is 0. The fourth-order valence-electron chi connectivity index (χ4n) is 2.36. The lowest BCUT2D eigenvalue weighted by atomic mass is 10.1. The number of halogens is 2. The third-order valence-corrected chi connectivity index (χ3v) is 5.09. The number of amides is 1. The van der Waals surface area contributed by atoms with Crippen LogP contribution in [0.25, 0.3) is 6.08 Å². The molecule has 0 aliphatic carbocycles. The molecular formula is C22H18BrIN2O4. The maximum atomic E-state index is 12.5. The Bertz CT molecular complexity index is 1000. The van der Waals surface area contributed by atoms with Crippen LogP contribution < -0.4 is 10.1 Å². The number of anilines is 1. The summed E-state index contributed by atoms with van der Waals surface area (Å²) in [5.74, 6) is -0.328. The second-order valence-electron chi connectivity index (χ2n) is 5.84. The van der Waals surface area contributed by atoms with Crippen LogP contribution in [0.5, 0.6) is 5.75 Å². The predicted octanol–water partition coefficient (Wildman–Crippen LogP) is 5.34. The smallest absolute Gasteiger partial charge is 0.338 e. The quantitative estimate of drug-likeness (QED) is 0.150. The molecule has 0 fully saturated rings. The Kier molecular flexibility index (Phi) is 9.08. The van der Waals surface area contributed by atoms with Crippen LogP contribution in [-0.4, -0.2) is 25.1 Å². The van der Waals surface area contributed by atoms with Gasteiger partial charge in [0.15, 0.2) is 0 Å². The van der Waals surface area contributed by atoms with Crippen molar-refractivity contribution in [2.45, 2.75) is 6.92 Å². The van der Waals surface area contributed by atoms with E-state index in [1.165, 1.54) is 6.08 Å². The van der Waals surface area contributed by atoms with Gasteiger partial charge in [-0.15, -0.1) is 0 Å². The highest BCUT2D eigenvalue weighted by Crippen LogP contribution is 2.32. The first kappa shape index (κ1) is 23.6. The van der Waals surface area contributed by atoms with Crippen LogP contribution in [0.1, 0.15) is 22.8 Å². The SMILES string of the molecule is C=CCOc1c(Br)cc(/C=C(\C#N)C(=O)Nc2ccc(C(=O)OCC)cc2)cc1I. The maximum absolute atomic E-state index is 12.5. The second kappa shape index (κ2) is 11.5. The van der Waals surface area contributed by atoms with Crippen LogP contribution >= 0.6 is 38.5 Å². The van der Waals surface area contributed by atoms with E-state index in [0.29, 0.717) is 33.6 Å². The molecule has 0 atom stereocenters. The van der Waals surface area contributed by atoms with E-state index in [0.717, 1.165) is 3.57 Å². The summed E-state index contributed by atoms with van der Waals surface area (Å²) in [4.78, 5) is 24.2. The summed E-state index contributed by atoms with van der Waals surface area (Å²) in [6.45, 7) is 6.00. The Hall–Kier alpha value is -2.64. The van der Waals surface area contributed by atoms with Crippen molar-refractivity contribution in [1.29, 1.82) is 5.26 Å². The first-order valence-electron chi connectivity index (χ1n) is 8.82. The van der Waals surface area contributed by atoms with E-state index in [1.54, 1.807) is 43.3 Å². The molecule has 0 aliphatic heterocycles. The fourth-order valence-corrected chi connectivity index (χ4v) is 4.13. The number of nitriles is 1. The van der Waals surface area contributed by atoms with Gasteiger partial charge in [0.2, 0.25) is 0 Å². The van der Waals surface area contributed by atoms with E-state index in [1.807, 2.05) is 12.1 Å². The molecule has 2 aromatic carbocycles. The van der Waals surface area contributed by atoms with E-state index in [9.17, 15) is 14.9 Å². The number of hydrogen-bond acceptors (Lipinski definition) is 5. The molecule has 0 aliphatic rings. The predicted molar refractivity (Wildman–Crippen MR) is 127 cm³/mol. The summed E-state index contributed by atoms with van der Waals surface area (Å²) < 4.78 is 12.0. The van der Waals surface area contributed by atoms with E-state index in [-0.39, 0.29) is 12.2 Å². The maximum Gasteiger partial charge on any atom is 0.338 e. The molecule has 30 heavy (non-hydrogen) atoms. The van der Waals surface area contributed by atoms with Crippen LogP contribution in [0.15, 0.2) is 59.1 Å². The molecule has 0 spiro atoms. The Morgan fingerprint density at radius 1 is 1.30 bits per heavy atom. The molecule has 0 aromatic heterocycles. The number of hydrogen-bond donors (Lipinski definition) is 1. The number of carbonyl (C=O) groups is 2. The van der Waals surface area contributed by atoms with Crippen LogP contribution in [-0.2, 0) is 9.53 Å². The molecule has 0 saturated heterocycles. The number of esters is 1.